The minimum atomic E-state index is 0. The van der Waals surface area contributed by atoms with Crippen LogP contribution in [0.1, 0.15) is 18.1 Å². The van der Waals surface area contributed by atoms with Gasteiger partial charge in [-0.15, -0.1) is 0 Å². The molecule has 0 spiro atoms. The molecule has 0 atom stereocenters. The van der Waals surface area contributed by atoms with Gasteiger partial charge in [-0.1, -0.05) is 0 Å². The maximum atomic E-state index is 6.21. The van der Waals surface area contributed by atoms with Gasteiger partial charge in [-0.3, -0.25) is 0 Å². The average molecular weight is 397 g/mol. The van der Waals surface area contributed by atoms with Gasteiger partial charge in [0.15, 0.2) is 0 Å². The van der Waals surface area contributed by atoms with Gasteiger partial charge in [-0.05, 0) is 0 Å². The molecule has 0 saturated carbocycles. The molecule has 0 unspecified atom stereocenters. The van der Waals surface area contributed by atoms with Crippen molar-refractivity contribution < 1.29 is 28.7 Å². The zero-order valence-corrected chi connectivity index (χ0v) is 15.2. The minimum absolute atomic E-state index is 0. The van der Waals surface area contributed by atoms with E-state index in [0.717, 1.165) is 17.2 Å². The van der Waals surface area contributed by atoms with E-state index in [1.54, 1.807) is 0 Å². The Labute approximate surface area is 149 Å². The first kappa shape index (κ1) is 17.1. The van der Waals surface area contributed by atoms with Crippen molar-refractivity contribution in [2.75, 3.05) is 6.61 Å². The molecular weight excluding hydrogens is 383 g/mol. The molecule has 0 aliphatic rings. The quantitative estimate of drug-likeness (QED) is 0.527. The van der Waals surface area contributed by atoms with Crippen LogP contribution in [0.2, 0.25) is 5.02 Å². The summed E-state index contributed by atoms with van der Waals surface area (Å²) in [5.41, 5.74) is 2.42. The average Bonchev–Trinajstić information content (AvgIpc) is 2.37. The second-order valence-electron chi connectivity index (χ2n) is 4.18. The zero-order chi connectivity index (χ0) is 13.0. The van der Waals surface area contributed by atoms with Crippen LogP contribution in [-0.4, -0.2) is 28.3 Å². The van der Waals surface area contributed by atoms with Gasteiger partial charge in [0.05, 0.1) is 0 Å². The summed E-state index contributed by atoms with van der Waals surface area (Å²) in [5.74, 6) is 0.915. The molecule has 1 nitrogen and oxygen atoms in total. The fourth-order valence-electron chi connectivity index (χ4n) is 1.85. The molecule has 2 aromatic rings. The standard InChI is InChI=1S/C15H14ClO.HI.Mg/c1-2-17-14-9-7-12(8-10-14)11-13-5-3-4-6-15(13)16;;/h4-10H,2,11H2,1H3;1H;/q;;+1/p-1. The minimum Gasteiger partial charge on any atom is -1.00 e. The van der Waals surface area contributed by atoms with Crippen molar-refractivity contribution in [3.8, 4) is 5.75 Å². The number of ether oxygens (including phenoxy) is 1. The van der Waals surface area contributed by atoms with Gasteiger partial charge >= 0.3 is 126 Å². The van der Waals surface area contributed by atoms with E-state index in [9.17, 15) is 0 Å². The van der Waals surface area contributed by atoms with Crippen LogP contribution in [0.5, 0.6) is 5.75 Å². The molecule has 0 aliphatic carbocycles. The predicted octanol–water partition coefficient (Wildman–Crippen LogP) is 0.127. The van der Waals surface area contributed by atoms with Gasteiger partial charge in [0.1, 0.15) is 0 Å². The van der Waals surface area contributed by atoms with E-state index in [-0.39, 0.29) is 24.0 Å². The summed E-state index contributed by atoms with van der Waals surface area (Å²) in [6, 6.07) is 14.3. The van der Waals surface area contributed by atoms with Crippen molar-refractivity contribution in [3.05, 3.63) is 58.6 Å². The number of halogens is 2. The molecule has 0 saturated heterocycles. The molecule has 96 valence electrons. The van der Waals surface area contributed by atoms with Crippen LogP contribution in [0.15, 0.2) is 42.5 Å². The summed E-state index contributed by atoms with van der Waals surface area (Å²) in [6.07, 6.45) is 0.859. The molecule has 0 aliphatic heterocycles. The molecule has 2 rings (SSSR count). The van der Waals surface area contributed by atoms with Crippen molar-refractivity contribution in [1.29, 1.82) is 0 Å². The van der Waals surface area contributed by atoms with Crippen molar-refractivity contribution >= 4 is 37.0 Å². The molecule has 0 aromatic heterocycles. The number of hydrogen-bond acceptors (Lipinski definition) is 1. The smallest absolute Gasteiger partial charge is 1.00 e. The Kier molecular flexibility index (Phi) is 7.50. The van der Waals surface area contributed by atoms with Crippen LogP contribution in [0.4, 0.5) is 0 Å². The van der Waals surface area contributed by atoms with Crippen molar-refractivity contribution in [2.24, 2.45) is 0 Å². The first-order valence-corrected chi connectivity index (χ1v) is 7.09. The Morgan fingerprint density at radius 1 is 1.11 bits per heavy atom. The Bertz CT molecular complexity index is 528. The van der Waals surface area contributed by atoms with Crippen LogP contribution in [-0.2, 0) is 6.42 Å². The summed E-state index contributed by atoms with van der Waals surface area (Å²) < 4.78 is 6.69. The van der Waals surface area contributed by atoms with Gasteiger partial charge in [0.2, 0.25) is 0 Å². The fourth-order valence-corrected chi connectivity index (χ4v) is 2.40. The Morgan fingerprint density at radius 3 is 2.42 bits per heavy atom. The Balaban J connectivity index is 0.00000180. The summed E-state index contributed by atoms with van der Waals surface area (Å²) >= 11 is 8.08. The third-order valence-corrected chi connectivity index (χ3v) is 3.55. The molecule has 2 aromatic carbocycles. The molecule has 0 amide bonds. The second kappa shape index (κ2) is 8.34. The molecule has 0 radical (unpaired) electrons. The second-order valence-corrected chi connectivity index (χ2v) is 5.40. The molecule has 0 bridgehead atoms. The van der Waals surface area contributed by atoms with Crippen LogP contribution in [0.25, 0.3) is 0 Å². The van der Waals surface area contributed by atoms with E-state index in [1.165, 1.54) is 14.8 Å². The summed E-state index contributed by atoms with van der Waals surface area (Å²) in [4.78, 5) is 0. The summed E-state index contributed by atoms with van der Waals surface area (Å²) in [5, 5.41) is 0.833. The molecule has 0 fully saturated rings. The topological polar surface area (TPSA) is 9.23 Å². The fraction of sp³-hybridized carbons (Fsp3) is 0.200. The van der Waals surface area contributed by atoms with Crippen LogP contribution >= 0.6 is 11.6 Å². The summed E-state index contributed by atoms with van der Waals surface area (Å²) in [6.45, 7) is 2.69. The maximum Gasteiger partial charge on any atom is -1.00 e. The zero-order valence-electron chi connectivity index (χ0n) is 10.8. The van der Waals surface area contributed by atoms with Crippen LogP contribution in [0, 0.1) is 0 Å². The van der Waals surface area contributed by atoms with Crippen molar-refractivity contribution in [2.45, 2.75) is 13.3 Å². The van der Waals surface area contributed by atoms with Gasteiger partial charge in [0.25, 0.3) is 0 Å². The first-order valence-electron chi connectivity index (χ1n) is 6.01. The van der Waals surface area contributed by atoms with E-state index in [2.05, 4.69) is 18.2 Å². The van der Waals surface area contributed by atoms with E-state index in [0.29, 0.717) is 6.61 Å². The van der Waals surface area contributed by atoms with Gasteiger partial charge < -0.3 is 24.0 Å². The van der Waals surface area contributed by atoms with Gasteiger partial charge in [-0.25, -0.2) is 0 Å². The maximum absolute atomic E-state index is 6.21. The largest absolute Gasteiger partial charge is 1.00 e. The SMILES string of the molecule is CCOc1ccc(Cc2c[c]([Mg+])ccc2Cl)cc1.[I-]. The van der Waals surface area contributed by atoms with Crippen LogP contribution in [0.3, 0.4) is 0 Å². The predicted molar refractivity (Wildman–Crippen MR) is 77.3 cm³/mol. The molecule has 4 heteroatoms. The van der Waals surface area contributed by atoms with Crippen molar-refractivity contribution in [1.82, 2.24) is 0 Å². The van der Waals surface area contributed by atoms with Gasteiger partial charge in [-0.2, -0.15) is 0 Å². The molecular formula is C15H14ClIMgO. The van der Waals surface area contributed by atoms with Crippen molar-refractivity contribution in [3.63, 3.8) is 0 Å². The number of hydrogen-bond donors (Lipinski definition) is 0. The molecule has 19 heavy (non-hydrogen) atoms. The Hall–Kier alpha value is 0.0262. The van der Waals surface area contributed by atoms with E-state index < -0.39 is 0 Å². The first-order chi connectivity index (χ1) is 8.69. The van der Waals surface area contributed by atoms with E-state index in [4.69, 9.17) is 16.3 Å². The summed E-state index contributed by atoms with van der Waals surface area (Å²) in [7, 11) is 0. The normalized spacial score (nSPS) is 9.89. The third-order valence-electron chi connectivity index (χ3n) is 2.74. The third kappa shape index (κ3) is 5.14. The van der Waals surface area contributed by atoms with E-state index in [1.807, 2.05) is 52.9 Å². The molecule has 0 N–H and O–H groups in total. The van der Waals surface area contributed by atoms with Crippen LogP contribution < -0.4 is 32.4 Å². The Morgan fingerprint density at radius 2 is 1.79 bits per heavy atom. The number of rotatable bonds is 4. The van der Waals surface area contributed by atoms with Gasteiger partial charge in [0, 0.05) is 0 Å². The monoisotopic (exact) mass is 396 g/mol. The number of benzene rings is 2. The molecule has 0 heterocycles. The van der Waals surface area contributed by atoms with E-state index >= 15 is 0 Å².